The number of nitrogens with zero attached hydrogens (tertiary/aromatic N) is 2. The number of rotatable bonds is 2. The van der Waals surface area contributed by atoms with Crippen LogP contribution in [0.15, 0.2) is 30.5 Å². The summed E-state index contributed by atoms with van der Waals surface area (Å²) in [6.45, 7) is 8.18. The fourth-order valence-corrected chi connectivity index (χ4v) is 2.89. The van der Waals surface area contributed by atoms with Crippen LogP contribution in [0.3, 0.4) is 0 Å². The van der Waals surface area contributed by atoms with E-state index in [1.165, 1.54) is 16.7 Å². The lowest BCUT2D eigenvalue weighted by atomic mass is 9.84. The van der Waals surface area contributed by atoms with Gasteiger partial charge >= 0.3 is 0 Å². The molecule has 0 aliphatic carbocycles. The zero-order chi connectivity index (χ0) is 15.7. The number of hydrogen-bond donors (Lipinski definition) is 1. The predicted octanol–water partition coefficient (Wildman–Crippen LogP) is 2.83. The first kappa shape index (κ1) is 14.8. The SMILES string of the molecule is CC(C)(C)c1ccc2c(c1)CN(C(=O)Cc1ccn[nH]1)CC2. The van der Waals surface area contributed by atoms with Gasteiger partial charge in [-0.3, -0.25) is 9.89 Å². The topological polar surface area (TPSA) is 49.0 Å². The molecule has 2 aromatic rings. The van der Waals surface area contributed by atoms with Gasteiger partial charge in [0, 0.05) is 25.0 Å². The number of H-pyrrole nitrogens is 1. The molecule has 0 spiro atoms. The normalized spacial score (nSPS) is 14.8. The van der Waals surface area contributed by atoms with Gasteiger partial charge in [0.1, 0.15) is 0 Å². The third-order valence-corrected chi connectivity index (χ3v) is 4.34. The summed E-state index contributed by atoms with van der Waals surface area (Å²) in [4.78, 5) is 14.4. The molecule has 0 bridgehead atoms. The van der Waals surface area contributed by atoms with Crippen LogP contribution in [0.25, 0.3) is 0 Å². The first-order chi connectivity index (χ1) is 10.4. The molecule has 0 unspecified atom stereocenters. The van der Waals surface area contributed by atoms with Crippen molar-refractivity contribution < 1.29 is 4.79 Å². The standard InChI is InChI=1S/C18H23N3O/c1-18(2,3)15-5-4-13-7-9-21(12-14(13)10-15)17(22)11-16-6-8-19-20-16/h4-6,8,10H,7,9,11-12H2,1-3H3,(H,19,20). The first-order valence-corrected chi connectivity index (χ1v) is 7.82. The van der Waals surface area contributed by atoms with E-state index in [1.54, 1.807) is 6.20 Å². The zero-order valence-corrected chi connectivity index (χ0v) is 13.5. The maximum Gasteiger partial charge on any atom is 0.228 e. The summed E-state index contributed by atoms with van der Waals surface area (Å²) < 4.78 is 0. The zero-order valence-electron chi connectivity index (χ0n) is 13.5. The Bertz CT molecular complexity index is 668. The summed E-state index contributed by atoms with van der Waals surface area (Å²) in [5.74, 6) is 0.163. The van der Waals surface area contributed by atoms with Crippen LogP contribution in [-0.4, -0.2) is 27.5 Å². The minimum Gasteiger partial charge on any atom is -0.338 e. The highest BCUT2D eigenvalue weighted by atomic mass is 16.2. The Morgan fingerprint density at radius 2 is 2.09 bits per heavy atom. The quantitative estimate of drug-likeness (QED) is 0.926. The van der Waals surface area contributed by atoms with Gasteiger partial charge in [-0.2, -0.15) is 5.10 Å². The number of hydrogen-bond acceptors (Lipinski definition) is 2. The molecule has 0 saturated heterocycles. The third-order valence-electron chi connectivity index (χ3n) is 4.34. The molecule has 1 aromatic carbocycles. The van der Waals surface area contributed by atoms with Gasteiger partial charge in [0.25, 0.3) is 0 Å². The first-order valence-electron chi connectivity index (χ1n) is 7.82. The van der Waals surface area contributed by atoms with Crippen molar-refractivity contribution >= 4 is 5.91 Å². The fraction of sp³-hybridized carbons (Fsp3) is 0.444. The van der Waals surface area contributed by atoms with Crippen molar-refractivity contribution in [1.82, 2.24) is 15.1 Å². The van der Waals surface area contributed by atoms with E-state index in [0.717, 1.165) is 18.7 Å². The maximum atomic E-state index is 12.4. The van der Waals surface area contributed by atoms with Crippen LogP contribution in [-0.2, 0) is 29.6 Å². The Morgan fingerprint density at radius 3 is 2.77 bits per heavy atom. The van der Waals surface area contributed by atoms with Crippen molar-refractivity contribution in [2.24, 2.45) is 0 Å². The number of nitrogens with one attached hydrogen (secondary N) is 1. The van der Waals surface area contributed by atoms with Gasteiger partial charge in [0.05, 0.1) is 6.42 Å². The van der Waals surface area contributed by atoms with Crippen molar-refractivity contribution in [2.45, 2.75) is 45.6 Å². The second kappa shape index (κ2) is 5.59. The minimum atomic E-state index is 0.136. The summed E-state index contributed by atoms with van der Waals surface area (Å²) in [6.07, 6.45) is 3.02. The van der Waals surface area contributed by atoms with E-state index < -0.39 is 0 Å². The summed E-state index contributed by atoms with van der Waals surface area (Å²) in [6, 6.07) is 8.58. The molecule has 4 nitrogen and oxygen atoms in total. The second-order valence-electron chi connectivity index (χ2n) is 7.06. The molecule has 1 amide bonds. The number of benzene rings is 1. The average molecular weight is 297 g/mol. The summed E-state index contributed by atoms with van der Waals surface area (Å²) in [5.41, 5.74) is 5.00. The molecule has 4 heteroatoms. The van der Waals surface area contributed by atoms with E-state index in [2.05, 4.69) is 49.2 Å². The van der Waals surface area contributed by atoms with E-state index in [1.807, 2.05) is 11.0 Å². The van der Waals surface area contributed by atoms with Crippen molar-refractivity contribution in [3.8, 4) is 0 Å². The molecule has 22 heavy (non-hydrogen) atoms. The molecule has 3 rings (SSSR count). The molecule has 0 fully saturated rings. The van der Waals surface area contributed by atoms with Gasteiger partial charge in [0.15, 0.2) is 0 Å². The number of aromatic amines is 1. The van der Waals surface area contributed by atoms with Crippen molar-refractivity contribution in [2.75, 3.05) is 6.54 Å². The van der Waals surface area contributed by atoms with Crippen LogP contribution in [0, 0.1) is 0 Å². The van der Waals surface area contributed by atoms with Gasteiger partial charge in [-0.05, 0) is 34.6 Å². The summed E-state index contributed by atoms with van der Waals surface area (Å²) in [5, 5.41) is 6.76. The van der Waals surface area contributed by atoms with Crippen molar-refractivity contribution in [1.29, 1.82) is 0 Å². The van der Waals surface area contributed by atoms with E-state index >= 15 is 0 Å². The Morgan fingerprint density at radius 1 is 1.27 bits per heavy atom. The van der Waals surface area contributed by atoms with Crippen molar-refractivity contribution in [3.63, 3.8) is 0 Å². The monoisotopic (exact) mass is 297 g/mol. The largest absolute Gasteiger partial charge is 0.338 e. The van der Waals surface area contributed by atoms with Crippen LogP contribution in [0.2, 0.25) is 0 Å². The fourth-order valence-electron chi connectivity index (χ4n) is 2.89. The Balaban J connectivity index is 1.76. The minimum absolute atomic E-state index is 0.136. The molecular formula is C18H23N3O. The van der Waals surface area contributed by atoms with Gasteiger partial charge in [0.2, 0.25) is 5.91 Å². The van der Waals surface area contributed by atoms with Gasteiger partial charge in [-0.15, -0.1) is 0 Å². The number of amides is 1. The highest BCUT2D eigenvalue weighted by Gasteiger charge is 2.23. The van der Waals surface area contributed by atoms with Crippen molar-refractivity contribution in [3.05, 3.63) is 52.8 Å². The molecule has 1 aromatic heterocycles. The molecule has 0 atom stereocenters. The molecule has 0 radical (unpaired) electrons. The highest BCUT2D eigenvalue weighted by Crippen LogP contribution is 2.27. The summed E-state index contributed by atoms with van der Waals surface area (Å²) in [7, 11) is 0. The molecule has 1 N–H and O–H groups in total. The van der Waals surface area contributed by atoms with Crippen LogP contribution in [0.5, 0.6) is 0 Å². The van der Waals surface area contributed by atoms with Crippen LogP contribution >= 0.6 is 0 Å². The van der Waals surface area contributed by atoms with E-state index in [0.29, 0.717) is 13.0 Å². The summed E-state index contributed by atoms with van der Waals surface area (Å²) >= 11 is 0. The smallest absolute Gasteiger partial charge is 0.228 e. The lowest BCUT2D eigenvalue weighted by Gasteiger charge is -2.30. The van der Waals surface area contributed by atoms with Gasteiger partial charge in [-0.25, -0.2) is 0 Å². The number of fused-ring (bicyclic) bond motifs is 1. The molecule has 1 aliphatic rings. The van der Waals surface area contributed by atoms with Gasteiger partial charge < -0.3 is 4.90 Å². The molecule has 116 valence electrons. The lowest BCUT2D eigenvalue weighted by Crippen LogP contribution is -2.37. The molecule has 2 heterocycles. The van der Waals surface area contributed by atoms with Crippen LogP contribution in [0.1, 0.15) is 43.2 Å². The van der Waals surface area contributed by atoms with Crippen LogP contribution in [0.4, 0.5) is 0 Å². The maximum absolute atomic E-state index is 12.4. The Hall–Kier alpha value is -2.10. The Kier molecular flexibility index (Phi) is 3.77. The number of aromatic nitrogens is 2. The van der Waals surface area contributed by atoms with E-state index in [4.69, 9.17) is 0 Å². The third kappa shape index (κ3) is 3.06. The predicted molar refractivity (Wildman–Crippen MR) is 86.6 cm³/mol. The van der Waals surface area contributed by atoms with Gasteiger partial charge in [-0.1, -0.05) is 39.0 Å². The molecule has 1 aliphatic heterocycles. The Labute approximate surface area is 131 Å². The van der Waals surface area contributed by atoms with E-state index in [-0.39, 0.29) is 11.3 Å². The average Bonchev–Trinajstić information content (AvgIpc) is 2.98. The second-order valence-corrected chi connectivity index (χ2v) is 7.06. The van der Waals surface area contributed by atoms with Crippen LogP contribution < -0.4 is 0 Å². The van der Waals surface area contributed by atoms with E-state index in [9.17, 15) is 4.79 Å². The molecule has 0 saturated carbocycles. The highest BCUT2D eigenvalue weighted by molar-refractivity contribution is 5.78. The number of carbonyl (C=O) groups excluding carboxylic acids is 1. The number of carbonyl (C=O) groups is 1. The lowest BCUT2D eigenvalue weighted by molar-refractivity contribution is -0.131. The molecular weight excluding hydrogens is 274 g/mol.